The van der Waals surface area contributed by atoms with Crippen LogP contribution in [0, 0.1) is 6.92 Å². The van der Waals surface area contributed by atoms with Gasteiger partial charge in [0.05, 0.1) is 23.5 Å². The monoisotopic (exact) mass is 346 g/mol. The second kappa shape index (κ2) is 6.33. The number of amides is 1. The van der Waals surface area contributed by atoms with Crippen LogP contribution < -0.4 is 5.32 Å². The third-order valence-electron chi connectivity index (χ3n) is 4.86. The lowest BCUT2D eigenvalue weighted by atomic mass is 10.1. The Morgan fingerprint density at radius 3 is 2.88 bits per heavy atom. The predicted octanol–water partition coefficient (Wildman–Crippen LogP) is 3.78. The molecule has 0 saturated carbocycles. The first-order valence-corrected chi connectivity index (χ1v) is 8.80. The lowest BCUT2D eigenvalue weighted by molar-refractivity contribution is -0.121. The number of aromatic nitrogens is 3. The molecule has 1 atom stereocenters. The quantitative estimate of drug-likeness (QED) is 0.591. The van der Waals surface area contributed by atoms with Crippen LogP contribution in [-0.4, -0.2) is 20.4 Å². The van der Waals surface area contributed by atoms with E-state index in [0.717, 1.165) is 33.3 Å². The highest BCUT2D eigenvalue weighted by Gasteiger charge is 2.17. The first kappa shape index (κ1) is 16.4. The maximum absolute atomic E-state index is 12.6. The first-order valence-electron chi connectivity index (χ1n) is 8.80. The van der Waals surface area contributed by atoms with Crippen LogP contribution in [0.5, 0.6) is 0 Å². The second-order valence-corrected chi connectivity index (χ2v) is 6.85. The van der Waals surface area contributed by atoms with Crippen molar-refractivity contribution in [2.75, 3.05) is 0 Å². The van der Waals surface area contributed by atoms with Gasteiger partial charge in [-0.2, -0.15) is 0 Å². The zero-order chi connectivity index (χ0) is 18.3. The fraction of sp³-hybridized carbons (Fsp3) is 0.238. The fourth-order valence-electron chi connectivity index (χ4n) is 3.53. The van der Waals surface area contributed by atoms with Crippen molar-refractivity contribution in [1.82, 2.24) is 19.9 Å². The summed E-state index contributed by atoms with van der Waals surface area (Å²) in [6, 6.07) is 14.1. The SMILES string of the molecule is Cc1ccc2c(CC(=O)N[C@H](C)c3nc4ccccc4n3C)c[nH]c2c1. The normalized spacial score (nSPS) is 12.6. The topological polar surface area (TPSA) is 62.7 Å². The molecule has 132 valence electrons. The summed E-state index contributed by atoms with van der Waals surface area (Å²) in [7, 11) is 1.98. The summed E-state index contributed by atoms with van der Waals surface area (Å²) in [4.78, 5) is 20.5. The molecule has 0 aliphatic heterocycles. The van der Waals surface area contributed by atoms with Crippen molar-refractivity contribution >= 4 is 27.8 Å². The molecule has 0 radical (unpaired) electrons. The van der Waals surface area contributed by atoms with Crippen molar-refractivity contribution in [3.63, 3.8) is 0 Å². The van der Waals surface area contributed by atoms with E-state index in [1.807, 2.05) is 49.0 Å². The number of fused-ring (bicyclic) bond motifs is 2. The summed E-state index contributed by atoms with van der Waals surface area (Å²) in [5, 5.41) is 4.17. The van der Waals surface area contributed by atoms with Gasteiger partial charge in [0.25, 0.3) is 0 Å². The van der Waals surface area contributed by atoms with Gasteiger partial charge in [-0.25, -0.2) is 4.98 Å². The Kier molecular flexibility index (Phi) is 3.99. The van der Waals surface area contributed by atoms with Crippen molar-refractivity contribution in [3.8, 4) is 0 Å². The molecule has 4 rings (SSSR count). The number of benzene rings is 2. The molecule has 26 heavy (non-hydrogen) atoms. The third kappa shape index (κ3) is 2.86. The van der Waals surface area contributed by atoms with E-state index in [-0.39, 0.29) is 11.9 Å². The van der Waals surface area contributed by atoms with E-state index in [9.17, 15) is 4.79 Å². The van der Waals surface area contributed by atoms with E-state index < -0.39 is 0 Å². The Balaban J connectivity index is 1.52. The molecule has 0 unspecified atom stereocenters. The Labute approximate surface area is 152 Å². The van der Waals surface area contributed by atoms with Crippen molar-refractivity contribution in [2.45, 2.75) is 26.3 Å². The van der Waals surface area contributed by atoms with Gasteiger partial charge in [0.2, 0.25) is 5.91 Å². The number of hydrogen-bond acceptors (Lipinski definition) is 2. The van der Waals surface area contributed by atoms with Crippen molar-refractivity contribution in [3.05, 3.63) is 65.6 Å². The van der Waals surface area contributed by atoms with Gasteiger partial charge in [-0.3, -0.25) is 4.79 Å². The molecule has 2 aromatic carbocycles. The largest absolute Gasteiger partial charge is 0.361 e. The van der Waals surface area contributed by atoms with Gasteiger partial charge >= 0.3 is 0 Å². The minimum absolute atomic E-state index is 0.00830. The molecule has 2 N–H and O–H groups in total. The van der Waals surface area contributed by atoms with E-state index in [0.29, 0.717) is 6.42 Å². The Morgan fingerprint density at radius 2 is 2.08 bits per heavy atom. The van der Waals surface area contributed by atoms with Gasteiger partial charge in [0.15, 0.2) is 0 Å². The minimum atomic E-state index is -0.160. The first-order chi connectivity index (χ1) is 12.5. The minimum Gasteiger partial charge on any atom is -0.361 e. The van der Waals surface area contributed by atoms with E-state index in [4.69, 9.17) is 0 Å². The number of aromatic amines is 1. The molecule has 1 amide bonds. The van der Waals surface area contributed by atoms with Crippen molar-refractivity contribution in [2.24, 2.45) is 7.05 Å². The Hall–Kier alpha value is -3.08. The lowest BCUT2D eigenvalue weighted by Gasteiger charge is -2.14. The number of aryl methyl sites for hydroxylation is 2. The van der Waals surface area contributed by atoms with Crippen molar-refractivity contribution < 1.29 is 4.79 Å². The van der Waals surface area contributed by atoms with E-state index in [1.165, 1.54) is 5.56 Å². The van der Waals surface area contributed by atoms with Gasteiger partial charge in [-0.15, -0.1) is 0 Å². The smallest absolute Gasteiger partial charge is 0.225 e. The number of para-hydroxylation sites is 2. The Morgan fingerprint density at radius 1 is 1.27 bits per heavy atom. The molecule has 5 nitrogen and oxygen atoms in total. The Bertz CT molecular complexity index is 1110. The van der Waals surface area contributed by atoms with Crippen LogP contribution in [0.1, 0.15) is 29.9 Å². The van der Waals surface area contributed by atoms with Crippen LogP contribution in [0.3, 0.4) is 0 Å². The second-order valence-electron chi connectivity index (χ2n) is 6.85. The molecule has 2 aromatic heterocycles. The molecule has 0 saturated heterocycles. The van der Waals surface area contributed by atoms with E-state index in [2.05, 4.69) is 40.4 Å². The third-order valence-corrected chi connectivity index (χ3v) is 4.86. The summed E-state index contributed by atoms with van der Waals surface area (Å²) in [6.45, 7) is 4.03. The molecule has 5 heteroatoms. The standard InChI is InChI=1S/C21H22N4O/c1-13-8-9-16-15(12-22-18(16)10-13)11-20(26)23-14(2)21-24-17-6-4-5-7-19(17)25(21)3/h4-10,12,14,22H,11H2,1-3H3,(H,23,26)/t14-/m1/s1. The predicted molar refractivity (Wildman–Crippen MR) is 104 cm³/mol. The van der Waals surface area contributed by atoms with Gasteiger partial charge < -0.3 is 14.9 Å². The highest BCUT2D eigenvalue weighted by molar-refractivity contribution is 5.89. The maximum atomic E-state index is 12.6. The van der Waals surface area contributed by atoms with Crippen LogP contribution >= 0.6 is 0 Å². The average molecular weight is 346 g/mol. The molecule has 2 heterocycles. The molecular weight excluding hydrogens is 324 g/mol. The highest BCUT2D eigenvalue weighted by Crippen LogP contribution is 2.21. The summed E-state index contributed by atoms with van der Waals surface area (Å²) >= 11 is 0. The van der Waals surface area contributed by atoms with E-state index >= 15 is 0 Å². The number of H-pyrrole nitrogens is 1. The number of imidazole rings is 1. The zero-order valence-corrected chi connectivity index (χ0v) is 15.2. The van der Waals surface area contributed by atoms with Crippen LogP contribution in [-0.2, 0) is 18.3 Å². The van der Waals surface area contributed by atoms with E-state index in [1.54, 1.807) is 0 Å². The average Bonchev–Trinajstić information content (AvgIpc) is 3.16. The number of nitrogens with zero attached hydrogens (tertiary/aromatic N) is 2. The van der Waals surface area contributed by atoms with Gasteiger partial charge in [0.1, 0.15) is 5.82 Å². The number of hydrogen-bond donors (Lipinski definition) is 2. The van der Waals surface area contributed by atoms with Gasteiger partial charge in [-0.05, 0) is 43.2 Å². The highest BCUT2D eigenvalue weighted by atomic mass is 16.1. The summed E-state index contributed by atoms with van der Waals surface area (Å²) in [5.41, 5.74) is 5.28. The number of carbonyl (C=O) groups excluding carboxylic acids is 1. The van der Waals surface area contributed by atoms with Crippen LogP contribution in [0.2, 0.25) is 0 Å². The summed E-state index contributed by atoms with van der Waals surface area (Å²) in [6.07, 6.45) is 2.26. The summed E-state index contributed by atoms with van der Waals surface area (Å²) < 4.78 is 2.04. The molecule has 0 bridgehead atoms. The van der Waals surface area contributed by atoms with Crippen LogP contribution in [0.15, 0.2) is 48.7 Å². The number of rotatable bonds is 4. The fourth-order valence-corrected chi connectivity index (χ4v) is 3.53. The summed E-state index contributed by atoms with van der Waals surface area (Å²) in [5.74, 6) is 0.847. The van der Waals surface area contributed by atoms with Crippen LogP contribution in [0.4, 0.5) is 0 Å². The van der Waals surface area contributed by atoms with Gasteiger partial charge in [0, 0.05) is 24.1 Å². The number of nitrogens with one attached hydrogen (secondary N) is 2. The molecule has 0 aliphatic rings. The molecule has 4 aromatic rings. The maximum Gasteiger partial charge on any atom is 0.225 e. The molecule has 0 fully saturated rings. The van der Waals surface area contributed by atoms with Gasteiger partial charge in [-0.1, -0.05) is 24.3 Å². The molecular formula is C21H22N4O. The van der Waals surface area contributed by atoms with Crippen LogP contribution in [0.25, 0.3) is 21.9 Å². The lowest BCUT2D eigenvalue weighted by Crippen LogP contribution is -2.29. The number of carbonyl (C=O) groups is 1. The van der Waals surface area contributed by atoms with Crippen molar-refractivity contribution in [1.29, 1.82) is 0 Å². The zero-order valence-electron chi connectivity index (χ0n) is 15.2. The molecule has 0 spiro atoms. The molecule has 0 aliphatic carbocycles.